The maximum Gasteiger partial charge on any atom is 0.332 e. The van der Waals surface area contributed by atoms with Crippen LogP contribution in [0.3, 0.4) is 0 Å². The Balaban J connectivity index is 2.69. The van der Waals surface area contributed by atoms with Gasteiger partial charge in [-0.05, 0) is 24.7 Å². The van der Waals surface area contributed by atoms with E-state index in [0.717, 1.165) is 18.6 Å². The number of urea groups is 1. The van der Waals surface area contributed by atoms with Crippen LogP contribution < -0.4 is 11.2 Å². The molecule has 3 atom stereocenters. The summed E-state index contributed by atoms with van der Waals surface area (Å²) in [6.45, 7) is 6.62. The number of hydrogen-bond donors (Lipinski definition) is 2. The summed E-state index contributed by atoms with van der Waals surface area (Å²) in [5.41, 5.74) is 8.38. The highest BCUT2D eigenvalue weighted by Gasteiger charge is 2.34. The van der Waals surface area contributed by atoms with Crippen molar-refractivity contribution in [1.29, 1.82) is 0 Å². The van der Waals surface area contributed by atoms with Crippen molar-refractivity contribution in [2.75, 3.05) is 0 Å². The summed E-state index contributed by atoms with van der Waals surface area (Å²) < 4.78 is 0. The Kier molecular flexibility index (Phi) is 3.49. The molecule has 3 N–H and O–H groups in total. The first-order chi connectivity index (χ1) is 6.56. The van der Waals surface area contributed by atoms with Gasteiger partial charge in [0.1, 0.15) is 0 Å². The van der Waals surface area contributed by atoms with Crippen LogP contribution in [-0.4, -0.2) is 11.7 Å². The highest BCUT2D eigenvalue weighted by atomic mass is 16.2. The highest BCUT2D eigenvalue weighted by molar-refractivity contribution is 5.90. The van der Waals surface area contributed by atoms with Crippen LogP contribution in [0.4, 0.5) is 4.79 Å². The van der Waals surface area contributed by atoms with Crippen molar-refractivity contribution >= 4 is 11.7 Å². The van der Waals surface area contributed by atoms with Crippen molar-refractivity contribution in [1.82, 2.24) is 5.43 Å². The van der Waals surface area contributed by atoms with E-state index in [0.29, 0.717) is 17.8 Å². The zero-order valence-corrected chi connectivity index (χ0v) is 9.08. The summed E-state index contributed by atoms with van der Waals surface area (Å²) in [6.07, 6.45) is 2.05. The minimum absolute atomic E-state index is 0.497. The summed E-state index contributed by atoms with van der Waals surface area (Å²) in [7, 11) is 0. The lowest BCUT2D eigenvalue weighted by Gasteiger charge is -2.15. The maximum atomic E-state index is 10.5. The standard InChI is InChI=1S/C10H19N3O/c1-4-8-7(3)6(2)5-9(8)12-13-10(11)14/h6-8H,4-5H2,1-3H3,(H3,11,13,14)/b12-9+. The number of amides is 2. The fourth-order valence-electron chi connectivity index (χ4n) is 2.23. The Morgan fingerprint density at radius 2 is 2.29 bits per heavy atom. The molecule has 2 amide bonds. The van der Waals surface area contributed by atoms with Crippen LogP contribution in [-0.2, 0) is 0 Å². The smallest absolute Gasteiger partial charge is 0.332 e. The van der Waals surface area contributed by atoms with Crippen molar-refractivity contribution in [3.63, 3.8) is 0 Å². The topological polar surface area (TPSA) is 67.5 Å². The average Bonchev–Trinajstić information content (AvgIpc) is 2.39. The van der Waals surface area contributed by atoms with Crippen LogP contribution in [0.15, 0.2) is 5.10 Å². The summed E-state index contributed by atoms with van der Waals surface area (Å²) in [5.74, 6) is 1.79. The van der Waals surface area contributed by atoms with Gasteiger partial charge in [-0.2, -0.15) is 5.10 Å². The second-order valence-corrected chi connectivity index (χ2v) is 4.13. The zero-order chi connectivity index (χ0) is 10.7. The minimum atomic E-state index is -0.584. The molecule has 0 radical (unpaired) electrons. The lowest BCUT2D eigenvalue weighted by molar-refractivity contribution is 0.249. The van der Waals surface area contributed by atoms with Crippen molar-refractivity contribution < 1.29 is 4.79 Å². The monoisotopic (exact) mass is 197 g/mol. The van der Waals surface area contributed by atoms with E-state index in [-0.39, 0.29) is 0 Å². The number of hydrazone groups is 1. The van der Waals surface area contributed by atoms with Crippen molar-refractivity contribution in [2.45, 2.75) is 33.6 Å². The van der Waals surface area contributed by atoms with E-state index in [2.05, 4.69) is 31.3 Å². The van der Waals surface area contributed by atoms with Gasteiger partial charge in [0.05, 0.1) is 0 Å². The van der Waals surface area contributed by atoms with Gasteiger partial charge >= 0.3 is 6.03 Å². The van der Waals surface area contributed by atoms with Gasteiger partial charge in [0.25, 0.3) is 0 Å². The van der Waals surface area contributed by atoms with Gasteiger partial charge in [0.2, 0.25) is 0 Å². The summed E-state index contributed by atoms with van der Waals surface area (Å²) in [6, 6.07) is -0.584. The number of nitrogens with two attached hydrogens (primary N) is 1. The van der Waals surface area contributed by atoms with Gasteiger partial charge in [0.15, 0.2) is 0 Å². The number of hydrogen-bond acceptors (Lipinski definition) is 2. The first-order valence-corrected chi connectivity index (χ1v) is 5.18. The lowest BCUT2D eigenvalue weighted by atomic mass is 9.90. The van der Waals surface area contributed by atoms with Crippen LogP contribution >= 0.6 is 0 Å². The maximum absolute atomic E-state index is 10.5. The molecule has 1 rings (SSSR count). The third kappa shape index (κ3) is 2.25. The quantitative estimate of drug-likeness (QED) is 0.650. The first kappa shape index (κ1) is 11.0. The molecule has 3 unspecified atom stereocenters. The molecule has 1 aliphatic rings. The molecule has 0 spiro atoms. The Labute approximate surface area is 84.9 Å². The molecule has 1 fully saturated rings. The predicted octanol–water partition coefficient (Wildman–Crippen LogP) is 1.71. The summed E-state index contributed by atoms with van der Waals surface area (Å²) in [4.78, 5) is 10.5. The van der Waals surface area contributed by atoms with Gasteiger partial charge < -0.3 is 5.73 Å². The second kappa shape index (κ2) is 4.44. The highest BCUT2D eigenvalue weighted by Crippen LogP contribution is 2.36. The fourth-order valence-corrected chi connectivity index (χ4v) is 2.23. The molecule has 14 heavy (non-hydrogen) atoms. The van der Waals surface area contributed by atoms with E-state index in [1.165, 1.54) is 0 Å². The zero-order valence-electron chi connectivity index (χ0n) is 9.08. The SMILES string of the molecule is CCC1/C(=N/NC(N)=O)CC(C)C1C. The molecule has 1 saturated carbocycles. The molecule has 0 aromatic rings. The van der Waals surface area contributed by atoms with E-state index in [4.69, 9.17) is 5.73 Å². The Hall–Kier alpha value is -1.06. The molecule has 80 valence electrons. The molecule has 0 aromatic carbocycles. The molecular formula is C10H19N3O. The van der Waals surface area contributed by atoms with Crippen LogP contribution in [0.5, 0.6) is 0 Å². The molecule has 0 heterocycles. The van der Waals surface area contributed by atoms with E-state index in [1.54, 1.807) is 0 Å². The van der Waals surface area contributed by atoms with E-state index in [1.807, 2.05) is 0 Å². The third-order valence-electron chi connectivity index (χ3n) is 3.24. The number of nitrogens with zero attached hydrogens (tertiary/aromatic N) is 1. The number of rotatable bonds is 2. The Morgan fingerprint density at radius 1 is 1.64 bits per heavy atom. The van der Waals surface area contributed by atoms with Crippen molar-refractivity contribution in [3.05, 3.63) is 0 Å². The van der Waals surface area contributed by atoms with E-state index in [9.17, 15) is 4.79 Å². The molecule has 4 heteroatoms. The van der Waals surface area contributed by atoms with Crippen LogP contribution in [0, 0.1) is 17.8 Å². The van der Waals surface area contributed by atoms with E-state index >= 15 is 0 Å². The Bertz CT molecular complexity index is 250. The van der Waals surface area contributed by atoms with Crippen LogP contribution in [0.1, 0.15) is 33.6 Å². The number of carbonyl (C=O) groups excluding carboxylic acids is 1. The normalized spacial score (nSPS) is 34.8. The van der Waals surface area contributed by atoms with Crippen LogP contribution in [0.2, 0.25) is 0 Å². The van der Waals surface area contributed by atoms with Gasteiger partial charge in [-0.3, -0.25) is 0 Å². The van der Waals surface area contributed by atoms with Crippen molar-refractivity contribution in [2.24, 2.45) is 28.6 Å². The van der Waals surface area contributed by atoms with Gasteiger partial charge in [-0.1, -0.05) is 20.8 Å². The molecule has 0 aromatic heterocycles. The summed E-state index contributed by atoms with van der Waals surface area (Å²) >= 11 is 0. The van der Waals surface area contributed by atoms with Crippen molar-refractivity contribution in [3.8, 4) is 0 Å². The molecule has 4 nitrogen and oxygen atoms in total. The van der Waals surface area contributed by atoms with Gasteiger partial charge in [-0.25, -0.2) is 10.2 Å². The predicted molar refractivity (Wildman–Crippen MR) is 56.9 cm³/mol. The summed E-state index contributed by atoms with van der Waals surface area (Å²) in [5, 5.41) is 4.07. The third-order valence-corrected chi connectivity index (χ3v) is 3.24. The van der Waals surface area contributed by atoms with Crippen LogP contribution in [0.25, 0.3) is 0 Å². The average molecular weight is 197 g/mol. The first-order valence-electron chi connectivity index (χ1n) is 5.18. The fraction of sp³-hybridized carbons (Fsp3) is 0.800. The second-order valence-electron chi connectivity index (χ2n) is 4.13. The van der Waals surface area contributed by atoms with E-state index < -0.39 is 6.03 Å². The number of primary amides is 1. The number of carbonyl (C=O) groups is 1. The molecule has 0 saturated heterocycles. The molecule has 0 aliphatic heterocycles. The lowest BCUT2D eigenvalue weighted by Crippen LogP contribution is -2.26. The molecule has 0 bridgehead atoms. The molecular weight excluding hydrogens is 178 g/mol. The van der Waals surface area contributed by atoms with Gasteiger partial charge in [-0.15, -0.1) is 0 Å². The number of nitrogens with one attached hydrogen (secondary N) is 1. The van der Waals surface area contributed by atoms with Gasteiger partial charge in [0, 0.05) is 11.6 Å². The Morgan fingerprint density at radius 3 is 2.79 bits per heavy atom. The minimum Gasteiger partial charge on any atom is -0.350 e. The molecule has 1 aliphatic carbocycles. The largest absolute Gasteiger partial charge is 0.350 e.